The van der Waals surface area contributed by atoms with E-state index in [0.717, 1.165) is 23.9 Å². The summed E-state index contributed by atoms with van der Waals surface area (Å²) < 4.78 is 2.69. The van der Waals surface area contributed by atoms with Crippen LogP contribution in [0.2, 0.25) is 5.02 Å². The van der Waals surface area contributed by atoms with E-state index in [1.807, 2.05) is 35.9 Å². The van der Waals surface area contributed by atoms with Crippen LogP contribution in [-0.4, -0.2) is 21.8 Å². The fourth-order valence-electron chi connectivity index (χ4n) is 2.14. The fraction of sp³-hybridized carbons (Fsp3) is 0.429. The Morgan fingerprint density at radius 3 is 2.65 bits per heavy atom. The average Bonchev–Trinajstić information content (AvgIpc) is 2.80. The van der Waals surface area contributed by atoms with E-state index in [1.165, 1.54) is 5.56 Å². The third-order valence-electron chi connectivity index (χ3n) is 3.43. The monoisotopic (exact) mass is 310 g/mol. The first kappa shape index (κ1) is 15.1. The SMILES string of the molecule is CCCn1c(N(C)C(C)c2ccc(Cl)cc2)n[nH]c1=S. The highest BCUT2D eigenvalue weighted by molar-refractivity contribution is 7.71. The molecule has 0 fully saturated rings. The van der Waals surface area contributed by atoms with Gasteiger partial charge in [-0.25, -0.2) is 5.10 Å². The molecule has 0 amide bonds. The largest absolute Gasteiger partial charge is 0.337 e. The molecular weight excluding hydrogens is 292 g/mol. The van der Waals surface area contributed by atoms with E-state index < -0.39 is 0 Å². The van der Waals surface area contributed by atoms with Crippen molar-refractivity contribution in [3.63, 3.8) is 0 Å². The molecule has 0 aliphatic carbocycles. The van der Waals surface area contributed by atoms with Gasteiger partial charge >= 0.3 is 0 Å². The van der Waals surface area contributed by atoms with Crippen LogP contribution in [0.4, 0.5) is 5.95 Å². The van der Waals surface area contributed by atoms with E-state index in [1.54, 1.807) is 0 Å². The molecule has 2 aromatic rings. The highest BCUT2D eigenvalue weighted by atomic mass is 35.5. The highest BCUT2D eigenvalue weighted by Gasteiger charge is 2.17. The van der Waals surface area contributed by atoms with E-state index in [4.69, 9.17) is 23.8 Å². The maximum absolute atomic E-state index is 5.93. The summed E-state index contributed by atoms with van der Waals surface area (Å²) in [6.07, 6.45) is 1.02. The third kappa shape index (κ3) is 3.04. The zero-order valence-electron chi connectivity index (χ0n) is 11.9. The molecule has 20 heavy (non-hydrogen) atoms. The number of nitrogens with one attached hydrogen (secondary N) is 1. The van der Waals surface area contributed by atoms with Crippen molar-refractivity contribution in [3.8, 4) is 0 Å². The smallest absolute Gasteiger partial charge is 0.225 e. The van der Waals surface area contributed by atoms with Crippen molar-refractivity contribution >= 4 is 29.8 Å². The minimum absolute atomic E-state index is 0.188. The van der Waals surface area contributed by atoms with E-state index >= 15 is 0 Å². The van der Waals surface area contributed by atoms with Gasteiger partial charge in [0.25, 0.3) is 0 Å². The normalized spacial score (nSPS) is 12.4. The second kappa shape index (κ2) is 6.41. The Labute approximate surface area is 129 Å². The lowest BCUT2D eigenvalue weighted by Gasteiger charge is -2.26. The Morgan fingerprint density at radius 2 is 2.05 bits per heavy atom. The Bertz CT molecular complexity index is 617. The summed E-state index contributed by atoms with van der Waals surface area (Å²) in [4.78, 5) is 2.12. The van der Waals surface area contributed by atoms with Crippen LogP contribution in [0.3, 0.4) is 0 Å². The van der Waals surface area contributed by atoms with E-state index in [2.05, 4.69) is 28.9 Å². The van der Waals surface area contributed by atoms with E-state index in [0.29, 0.717) is 4.77 Å². The molecule has 1 aromatic carbocycles. The first-order valence-electron chi connectivity index (χ1n) is 6.68. The molecule has 0 bridgehead atoms. The Kier molecular flexibility index (Phi) is 4.83. The molecule has 108 valence electrons. The van der Waals surface area contributed by atoms with Crippen LogP contribution in [0.15, 0.2) is 24.3 Å². The summed E-state index contributed by atoms with van der Waals surface area (Å²) in [6.45, 7) is 5.13. The van der Waals surface area contributed by atoms with Crippen LogP contribution in [-0.2, 0) is 6.54 Å². The number of H-pyrrole nitrogens is 1. The average molecular weight is 311 g/mol. The maximum Gasteiger partial charge on any atom is 0.225 e. The van der Waals surface area contributed by atoms with Crippen LogP contribution in [0, 0.1) is 4.77 Å². The van der Waals surface area contributed by atoms with Crippen molar-refractivity contribution in [1.29, 1.82) is 0 Å². The van der Waals surface area contributed by atoms with Crippen molar-refractivity contribution in [2.45, 2.75) is 32.9 Å². The maximum atomic E-state index is 5.93. The van der Waals surface area contributed by atoms with Gasteiger partial charge in [-0.15, -0.1) is 5.10 Å². The number of anilines is 1. The second-order valence-electron chi connectivity index (χ2n) is 4.82. The van der Waals surface area contributed by atoms with Crippen molar-refractivity contribution in [2.24, 2.45) is 0 Å². The lowest BCUT2D eigenvalue weighted by molar-refractivity contribution is 0.629. The van der Waals surface area contributed by atoms with Gasteiger partial charge in [0.1, 0.15) is 0 Å². The standard InChI is InChI=1S/C14H19ClN4S/c1-4-9-19-13(16-17-14(19)20)18(3)10(2)11-5-7-12(15)8-6-11/h5-8,10H,4,9H2,1-3H3,(H,17,20). The van der Waals surface area contributed by atoms with Gasteiger partial charge in [-0.1, -0.05) is 30.7 Å². The molecule has 1 atom stereocenters. The molecule has 0 aliphatic heterocycles. The number of rotatable bonds is 5. The first-order chi connectivity index (χ1) is 9.54. The van der Waals surface area contributed by atoms with E-state index in [9.17, 15) is 0 Å². The van der Waals surface area contributed by atoms with Gasteiger partial charge in [0, 0.05) is 18.6 Å². The number of benzene rings is 1. The molecule has 2 rings (SSSR count). The third-order valence-corrected chi connectivity index (χ3v) is 4.00. The van der Waals surface area contributed by atoms with Gasteiger partial charge in [0.05, 0.1) is 6.04 Å². The van der Waals surface area contributed by atoms with Crippen LogP contribution in [0.1, 0.15) is 31.9 Å². The van der Waals surface area contributed by atoms with Crippen molar-refractivity contribution in [1.82, 2.24) is 14.8 Å². The Balaban J connectivity index is 2.28. The van der Waals surface area contributed by atoms with Crippen molar-refractivity contribution in [2.75, 3.05) is 11.9 Å². The molecule has 0 saturated heterocycles. The molecule has 1 N–H and O–H groups in total. The molecule has 6 heteroatoms. The predicted molar refractivity (Wildman–Crippen MR) is 86.0 cm³/mol. The lowest BCUT2D eigenvalue weighted by atomic mass is 10.1. The van der Waals surface area contributed by atoms with Crippen molar-refractivity contribution < 1.29 is 0 Å². The van der Waals surface area contributed by atoms with Crippen LogP contribution >= 0.6 is 23.8 Å². The summed E-state index contributed by atoms with van der Waals surface area (Å²) in [5.41, 5.74) is 1.19. The van der Waals surface area contributed by atoms with Gasteiger partial charge in [-0.05, 0) is 43.3 Å². The molecule has 4 nitrogen and oxygen atoms in total. The summed E-state index contributed by atoms with van der Waals surface area (Å²) in [5.74, 6) is 0.860. The van der Waals surface area contributed by atoms with Crippen LogP contribution in [0.5, 0.6) is 0 Å². The lowest BCUT2D eigenvalue weighted by Crippen LogP contribution is -2.25. The number of aromatic amines is 1. The van der Waals surface area contributed by atoms with Crippen LogP contribution in [0.25, 0.3) is 0 Å². The summed E-state index contributed by atoms with van der Waals surface area (Å²) in [5, 5.41) is 7.96. The zero-order chi connectivity index (χ0) is 14.7. The number of nitrogens with zero attached hydrogens (tertiary/aromatic N) is 3. The van der Waals surface area contributed by atoms with Gasteiger partial charge in [0.15, 0.2) is 4.77 Å². The summed E-state index contributed by atoms with van der Waals surface area (Å²) in [7, 11) is 2.02. The van der Waals surface area contributed by atoms with Gasteiger partial charge < -0.3 is 4.90 Å². The topological polar surface area (TPSA) is 36.9 Å². The highest BCUT2D eigenvalue weighted by Crippen LogP contribution is 2.25. The molecule has 1 unspecified atom stereocenters. The number of halogens is 1. The van der Waals surface area contributed by atoms with Gasteiger partial charge in [0.2, 0.25) is 5.95 Å². The second-order valence-corrected chi connectivity index (χ2v) is 5.64. The molecular formula is C14H19ClN4S. The fourth-order valence-corrected chi connectivity index (χ4v) is 2.49. The zero-order valence-corrected chi connectivity index (χ0v) is 13.5. The minimum atomic E-state index is 0.188. The van der Waals surface area contributed by atoms with Crippen LogP contribution < -0.4 is 4.90 Å². The number of hydrogen-bond donors (Lipinski definition) is 1. The quantitative estimate of drug-likeness (QED) is 0.841. The number of aromatic nitrogens is 3. The molecule has 1 heterocycles. The predicted octanol–water partition coefficient (Wildman–Crippen LogP) is 4.20. The van der Waals surface area contributed by atoms with E-state index in [-0.39, 0.29) is 6.04 Å². The van der Waals surface area contributed by atoms with Gasteiger partial charge in [-0.3, -0.25) is 4.57 Å². The Morgan fingerprint density at radius 1 is 1.40 bits per heavy atom. The molecule has 0 radical (unpaired) electrons. The molecule has 1 aromatic heterocycles. The van der Waals surface area contributed by atoms with Crippen molar-refractivity contribution in [3.05, 3.63) is 39.6 Å². The van der Waals surface area contributed by atoms with Gasteiger partial charge in [-0.2, -0.15) is 0 Å². The molecule has 0 spiro atoms. The molecule has 0 aliphatic rings. The summed E-state index contributed by atoms with van der Waals surface area (Å²) >= 11 is 11.2. The molecule has 0 saturated carbocycles. The first-order valence-corrected chi connectivity index (χ1v) is 7.46. The Hall–Kier alpha value is -1.33. The number of hydrogen-bond acceptors (Lipinski definition) is 3. The minimum Gasteiger partial charge on any atom is -0.337 e. The summed E-state index contributed by atoms with van der Waals surface area (Å²) in [6, 6.07) is 8.08.